The summed E-state index contributed by atoms with van der Waals surface area (Å²) in [5.74, 6) is 0.369. The number of carbonyl (C=O) groups excluding carboxylic acids is 1. The van der Waals surface area contributed by atoms with Gasteiger partial charge in [-0.25, -0.2) is 0 Å². The van der Waals surface area contributed by atoms with Crippen LogP contribution < -0.4 is 5.32 Å². The Morgan fingerprint density at radius 1 is 1.36 bits per heavy atom. The first-order valence-electron chi connectivity index (χ1n) is 5.76. The SMILES string of the molecule is CCN(CC)CC(=O)C1CCCCN1. The number of Topliss-reactive ketones (excluding diaryl/α,β-unsaturated/α-hetero) is 1. The van der Waals surface area contributed by atoms with Crippen molar-refractivity contribution in [2.75, 3.05) is 26.2 Å². The van der Waals surface area contributed by atoms with Crippen molar-refractivity contribution in [1.82, 2.24) is 10.2 Å². The molecule has 1 unspecified atom stereocenters. The normalized spacial score (nSPS) is 22.6. The van der Waals surface area contributed by atoms with E-state index >= 15 is 0 Å². The third kappa shape index (κ3) is 3.39. The Kier molecular flexibility index (Phi) is 5.12. The number of piperidine rings is 1. The molecule has 14 heavy (non-hydrogen) atoms. The second-order valence-corrected chi connectivity index (χ2v) is 3.93. The van der Waals surface area contributed by atoms with Crippen LogP contribution in [0.3, 0.4) is 0 Å². The van der Waals surface area contributed by atoms with Crippen molar-refractivity contribution in [2.24, 2.45) is 0 Å². The van der Waals surface area contributed by atoms with Gasteiger partial charge in [-0.3, -0.25) is 9.69 Å². The van der Waals surface area contributed by atoms with Crippen LogP contribution >= 0.6 is 0 Å². The average Bonchev–Trinajstić information content (AvgIpc) is 2.26. The van der Waals surface area contributed by atoms with E-state index in [2.05, 4.69) is 24.1 Å². The number of carbonyl (C=O) groups is 1. The summed E-state index contributed by atoms with van der Waals surface area (Å²) in [5.41, 5.74) is 0. The molecule has 0 aromatic carbocycles. The van der Waals surface area contributed by atoms with Gasteiger partial charge in [-0.2, -0.15) is 0 Å². The molecular weight excluding hydrogens is 176 g/mol. The van der Waals surface area contributed by atoms with E-state index in [1.807, 2.05) is 0 Å². The van der Waals surface area contributed by atoms with E-state index in [-0.39, 0.29) is 6.04 Å². The van der Waals surface area contributed by atoms with Gasteiger partial charge in [-0.1, -0.05) is 20.3 Å². The predicted molar refractivity (Wildman–Crippen MR) is 58.4 cm³/mol. The van der Waals surface area contributed by atoms with Gasteiger partial charge in [0.2, 0.25) is 0 Å². The average molecular weight is 198 g/mol. The zero-order chi connectivity index (χ0) is 10.4. The predicted octanol–water partition coefficient (Wildman–Crippen LogP) is 1.04. The maximum Gasteiger partial charge on any atom is 0.163 e. The van der Waals surface area contributed by atoms with Crippen LogP contribution in [0.4, 0.5) is 0 Å². The fourth-order valence-corrected chi connectivity index (χ4v) is 1.90. The molecule has 1 N–H and O–H groups in total. The topological polar surface area (TPSA) is 32.3 Å². The van der Waals surface area contributed by atoms with E-state index in [0.717, 1.165) is 26.1 Å². The summed E-state index contributed by atoms with van der Waals surface area (Å²) in [6.07, 6.45) is 3.44. The zero-order valence-corrected chi connectivity index (χ0v) is 9.38. The third-order valence-electron chi connectivity index (χ3n) is 2.97. The minimum absolute atomic E-state index is 0.129. The third-order valence-corrected chi connectivity index (χ3v) is 2.97. The second-order valence-electron chi connectivity index (χ2n) is 3.93. The summed E-state index contributed by atoms with van der Waals surface area (Å²) in [6, 6.07) is 0.129. The first-order chi connectivity index (χ1) is 6.77. The van der Waals surface area contributed by atoms with Crippen LogP contribution in [-0.2, 0) is 4.79 Å². The second kappa shape index (κ2) is 6.14. The maximum atomic E-state index is 11.8. The molecule has 1 atom stereocenters. The van der Waals surface area contributed by atoms with Gasteiger partial charge in [0.05, 0.1) is 12.6 Å². The van der Waals surface area contributed by atoms with Crippen molar-refractivity contribution >= 4 is 5.78 Å². The van der Waals surface area contributed by atoms with Crippen LogP contribution in [0, 0.1) is 0 Å². The Morgan fingerprint density at radius 2 is 2.07 bits per heavy atom. The molecule has 1 saturated heterocycles. The molecule has 0 aromatic rings. The van der Waals surface area contributed by atoms with E-state index in [0.29, 0.717) is 12.3 Å². The number of hydrogen-bond donors (Lipinski definition) is 1. The number of nitrogens with zero attached hydrogens (tertiary/aromatic N) is 1. The Labute approximate surface area is 86.9 Å². The lowest BCUT2D eigenvalue weighted by atomic mass is 10.0. The molecule has 1 aliphatic rings. The quantitative estimate of drug-likeness (QED) is 0.716. The van der Waals surface area contributed by atoms with Crippen LogP contribution in [0.25, 0.3) is 0 Å². The molecule has 0 saturated carbocycles. The molecule has 0 amide bonds. The van der Waals surface area contributed by atoms with Gasteiger partial charge in [0.1, 0.15) is 0 Å². The highest BCUT2D eigenvalue weighted by Crippen LogP contribution is 2.08. The highest BCUT2D eigenvalue weighted by Gasteiger charge is 2.21. The molecule has 0 radical (unpaired) electrons. The van der Waals surface area contributed by atoms with E-state index in [1.54, 1.807) is 0 Å². The lowest BCUT2D eigenvalue weighted by Gasteiger charge is -2.25. The number of likely N-dealkylation sites (N-methyl/N-ethyl adjacent to an activating group) is 1. The smallest absolute Gasteiger partial charge is 0.163 e. The van der Waals surface area contributed by atoms with Crippen molar-refractivity contribution in [2.45, 2.75) is 39.2 Å². The lowest BCUT2D eigenvalue weighted by molar-refractivity contribution is -0.122. The molecule has 0 aliphatic carbocycles. The van der Waals surface area contributed by atoms with Crippen molar-refractivity contribution in [3.05, 3.63) is 0 Å². The van der Waals surface area contributed by atoms with E-state index < -0.39 is 0 Å². The van der Waals surface area contributed by atoms with Crippen molar-refractivity contribution in [3.63, 3.8) is 0 Å². The molecule has 1 fully saturated rings. The van der Waals surface area contributed by atoms with Gasteiger partial charge < -0.3 is 5.32 Å². The van der Waals surface area contributed by atoms with Gasteiger partial charge in [0.25, 0.3) is 0 Å². The van der Waals surface area contributed by atoms with Gasteiger partial charge in [-0.05, 0) is 32.5 Å². The van der Waals surface area contributed by atoms with Gasteiger partial charge in [-0.15, -0.1) is 0 Å². The number of rotatable bonds is 5. The fraction of sp³-hybridized carbons (Fsp3) is 0.909. The molecule has 82 valence electrons. The van der Waals surface area contributed by atoms with Crippen LogP contribution in [0.2, 0.25) is 0 Å². The first kappa shape index (κ1) is 11.7. The van der Waals surface area contributed by atoms with Gasteiger partial charge in [0, 0.05) is 0 Å². The molecule has 0 spiro atoms. The fourth-order valence-electron chi connectivity index (χ4n) is 1.90. The van der Waals surface area contributed by atoms with Crippen molar-refractivity contribution in [1.29, 1.82) is 0 Å². The first-order valence-corrected chi connectivity index (χ1v) is 5.76. The highest BCUT2D eigenvalue weighted by molar-refractivity contribution is 5.85. The van der Waals surface area contributed by atoms with Crippen molar-refractivity contribution in [3.8, 4) is 0 Å². The van der Waals surface area contributed by atoms with Crippen LogP contribution in [-0.4, -0.2) is 42.9 Å². The summed E-state index contributed by atoms with van der Waals surface area (Å²) < 4.78 is 0. The van der Waals surface area contributed by atoms with Crippen LogP contribution in [0.5, 0.6) is 0 Å². The molecule has 1 heterocycles. The number of nitrogens with one attached hydrogen (secondary N) is 1. The molecular formula is C11H22N2O. The molecule has 1 aliphatic heterocycles. The Balaban J connectivity index is 2.32. The van der Waals surface area contributed by atoms with Gasteiger partial charge in [0.15, 0.2) is 5.78 Å². The molecule has 3 heteroatoms. The standard InChI is InChI=1S/C11H22N2O/c1-3-13(4-2)9-11(14)10-7-5-6-8-12-10/h10,12H,3-9H2,1-2H3. The monoisotopic (exact) mass is 198 g/mol. The summed E-state index contributed by atoms with van der Waals surface area (Å²) in [7, 11) is 0. The summed E-state index contributed by atoms with van der Waals surface area (Å²) in [5, 5.41) is 3.30. The summed E-state index contributed by atoms with van der Waals surface area (Å²) in [4.78, 5) is 14.0. The Morgan fingerprint density at radius 3 is 2.57 bits per heavy atom. The van der Waals surface area contributed by atoms with Crippen molar-refractivity contribution < 1.29 is 4.79 Å². The Bertz CT molecular complexity index is 172. The number of hydrogen-bond acceptors (Lipinski definition) is 3. The maximum absolute atomic E-state index is 11.8. The summed E-state index contributed by atoms with van der Waals surface area (Å²) in [6.45, 7) is 7.76. The minimum atomic E-state index is 0.129. The van der Waals surface area contributed by atoms with Crippen LogP contribution in [0.1, 0.15) is 33.1 Å². The lowest BCUT2D eigenvalue weighted by Crippen LogP contribution is -2.45. The van der Waals surface area contributed by atoms with Gasteiger partial charge >= 0.3 is 0 Å². The van der Waals surface area contributed by atoms with Crippen LogP contribution in [0.15, 0.2) is 0 Å². The highest BCUT2D eigenvalue weighted by atomic mass is 16.1. The summed E-state index contributed by atoms with van der Waals surface area (Å²) >= 11 is 0. The number of ketones is 1. The van der Waals surface area contributed by atoms with E-state index in [1.165, 1.54) is 12.8 Å². The Hall–Kier alpha value is -0.410. The molecule has 0 aromatic heterocycles. The minimum Gasteiger partial charge on any atom is -0.307 e. The molecule has 1 rings (SSSR count). The van der Waals surface area contributed by atoms with E-state index in [9.17, 15) is 4.79 Å². The van der Waals surface area contributed by atoms with E-state index in [4.69, 9.17) is 0 Å². The molecule has 3 nitrogen and oxygen atoms in total. The zero-order valence-electron chi connectivity index (χ0n) is 9.38. The molecule has 0 bridgehead atoms. The largest absolute Gasteiger partial charge is 0.307 e.